The molecular formula is C41H59NP2. The molecule has 1 unspecified atom stereocenters. The van der Waals surface area contributed by atoms with Crippen molar-refractivity contribution in [2.24, 2.45) is 0 Å². The second kappa shape index (κ2) is 14.7. The molecule has 0 heterocycles. The number of allylic oxidation sites excluding steroid dienone is 1. The highest BCUT2D eigenvalue weighted by atomic mass is 31.1. The van der Waals surface area contributed by atoms with Crippen LogP contribution in [-0.2, 0) is 0 Å². The number of nitrogens with zero attached hydrogens (tertiary/aromatic N) is 1. The van der Waals surface area contributed by atoms with Gasteiger partial charge >= 0.3 is 0 Å². The van der Waals surface area contributed by atoms with Gasteiger partial charge in [0.2, 0.25) is 0 Å². The molecule has 1 nitrogen and oxygen atoms in total. The zero-order valence-electron chi connectivity index (χ0n) is 28.0. The predicted octanol–water partition coefficient (Wildman–Crippen LogP) is 13.0. The van der Waals surface area contributed by atoms with Crippen molar-refractivity contribution in [2.45, 2.75) is 157 Å². The fourth-order valence-corrected chi connectivity index (χ4v) is 19.0. The van der Waals surface area contributed by atoms with Crippen molar-refractivity contribution in [1.29, 1.82) is 0 Å². The highest BCUT2D eigenvalue weighted by Gasteiger charge is 2.47. The van der Waals surface area contributed by atoms with Crippen LogP contribution in [0.1, 0.15) is 151 Å². The van der Waals surface area contributed by atoms with E-state index < -0.39 is 0 Å². The molecule has 2 aromatic carbocycles. The molecular weight excluding hydrogens is 568 g/mol. The van der Waals surface area contributed by atoms with Gasteiger partial charge in [0.25, 0.3) is 0 Å². The SMILES string of the molecule is CN(C)c1ccccc1C1=C(P(C2CCCCC2)C2CCCCC2)c2ccccc2C1P(C1CCCCC1)C1CCCCC1. The van der Waals surface area contributed by atoms with Crippen LogP contribution in [0.2, 0.25) is 0 Å². The van der Waals surface area contributed by atoms with Crippen LogP contribution in [0.5, 0.6) is 0 Å². The number of hydrogen-bond acceptors (Lipinski definition) is 1. The number of hydrogen-bond donors (Lipinski definition) is 0. The van der Waals surface area contributed by atoms with Crippen molar-refractivity contribution in [3.8, 4) is 0 Å². The van der Waals surface area contributed by atoms with E-state index in [0.29, 0.717) is 5.66 Å². The number of anilines is 1. The lowest BCUT2D eigenvalue weighted by Crippen LogP contribution is -2.24. The molecule has 238 valence electrons. The average Bonchev–Trinajstić information content (AvgIpc) is 3.41. The standard InChI is InChI=1S/C41H59NP2/c1-42(2)38-30-18-17-29-37(38)39-40(43(31-19-7-3-8-20-31)32-21-9-4-10-22-32)35-27-15-16-28-36(35)41(39)44(33-23-11-5-12-24-33)34-25-13-6-14-26-34/h15-18,27-34,40H,3-14,19-26H2,1-2H3. The molecule has 2 aromatic rings. The van der Waals surface area contributed by atoms with E-state index in [-0.39, 0.29) is 15.8 Å². The van der Waals surface area contributed by atoms with Gasteiger partial charge in [-0.2, -0.15) is 0 Å². The van der Waals surface area contributed by atoms with Crippen LogP contribution >= 0.6 is 15.8 Å². The zero-order chi connectivity index (χ0) is 29.9. The van der Waals surface area contributed by atoms with E-state index in [9.17, 15) is 0 Å². The van der Waals surface area contributed by atoms with E-state index in [1.807, 2.05) is 10.9 Å². The van der Waals surface area contributed by atoms with Gasteiger partial charge in [-0.05, 0) is 102 Å². The van der Waals surface area contributed by atoms with Crippen LogP contribution in [0.4, 0.5) is 5.69 Å². The monoisotopic (exact) mass is 627 g/mol. The Balaban J connectivity index is 1.48. The third kappa shape index (κ3) is 6.37. The summed E-state index contributed by atoms with van der Waals surface area (Å²) in [4.78, 5) is 2.44. The molecule has 1 atom stereocenters. The first-order valence-electron chi connectivity index (χ1n) is 18.9. The van der Waals surface area contributed by atoms with Gasteiger partial charge < -0.3 is 4.90 Å². The first-order valence-corrected chi connectivity index (χ1v) is 21.9. The highest BCUT2D eigenvalue weighted by Crippen LogP contribution is 2.77. The molecule has 0 bridgehead atoms. The second-order valence-electron chi connectivity index (χ2n) is 15.2. The van der Waals surface area contributed by atoms with Crippen LogP contribution in [-0.4, -0.2) is 36.7 Å². The summed E-state index contributed by atoms with van der Waals surface area (Å²) in [5.74, 6) is 0. The lowest BCUT2D eigenvalue weighted by molar-refractivity contribution is 0.483. The number of rotatable bonds is 8. The Morgan fingerprint density at radius 2 is 0.932 bits per heavy atom. The molecule has 5 aliphatic rings. The molecule has 4 saturated carbocycles. The third-order valence-electron chi connectivity index (χ3n) is 12.2. The Hall–Kier alpha value is -1.16. The van der Waals surface area contributed by atoms with Gasteiger partial charge in [-0.15, -0.1) is 0 Å². The summed E-state index contributed by atoms with van der Waals surface area (Å²) in [5.41, 5.74) is 12.8. The van der Waals surface area contributed by atoms with Crippen molar-refractivity contribution >= 4 is 32.4 Å². The van der Waals surface area contributed by atoms with Gasteiger partial charge in [-0.1, -0.05) is 135 Å². The molecule has 0 radical (unpaired) electrons. The summed E-state index contributed by atoms with van der Waals surface area (Å²) in [6.45, 7) is 0. The Morgan fingerprint density at radius 3 is 1.43 bits per heavy atom. The molecule has 0 aliphatic heterocycles. The lowest BCUT2D eigenvalue weighted by atomic mass is 9.99. The Bertz CT molecular complexity index is 1220. The maximum Gasteiger partial charge on any atom is 0.0438 e. The Labute approximate surface area is 272 Å². The first-order chi connectivity index (χ1) is 21.7. The van der Waals surface area contributed by atoms with Crippen LogP contribution < -0.4 is 4.90 Å². The van der Waals surface area contributed by atoms with Gasteiger partial charge in [0, 0.05) is 31.0 Å². The minimum absolute atomic E-state index is 0.132. The summed E-state index contributed by atoms with van der Waals surface area (Å²) in [6, 6.07) is 19.8. The normalized spacial score (nSPS) is 24.8. The smallest absolute Gasteiger partial charge is 0.0438 e. The maximum atomic E-state index is 2.64. The topological polar surface area (TPSA) is 3.24 Å². The largest absolute Gasteiger partial charge is 0.377 e. The molecule has 0 amide bonds. The summed E-state index contributed by atoms with van der Waals surface area (Å²) in [5, 5.41) is 1.92. The van der Waals surface area contributed by atoms with Gasteiger partial charge in [-0.25, -0.2) is 0 Å². The van der Waals surface area contributed by atoms with Gasteiger partial charge in [0.1, 0.15) is 0 Å². The predicted molar refractivity (Wildman–Crippen MR) is 198 cm³/mol. The van der Waals surface area contributed by atoms with E-state index in [4.69, 9.17) is 0 Å². The van der Waals surface area contributed by atoms with E-state index in [1.165, 1.54) is 134 Å². The number of para-hydroxylation sites is 1. The molecule has 0 N–H and O–H groups in total. The van der Waals surface area contributed by atoms with Crippen LogP contribution in [0.15, 0.2) is 48.5 Å². The molecule has 0 saturated heterocycles. The molecule has 0 spiro atoms. The highest BCUT2D eigenvalue weighted by molar-refractivity contribution is 7.70. The van der Waals surface area contributed by atoms with Gasteiger partial charge in [0.05, 0.1) is 0 Å². The van der Waals surface area contributed by atoms with Gasteiger partial charge in [-0.3, -0.25) is 0 Å². The fourth-order valence-electron chi connectivity index (χ4n) is 10.2. The molecule has 4 fully saturated rings. The molecule has 7 rings (SSSR count). The van der Waals surface area contributed by atoms with Crippen molar-refractivity contribution < 1.29 is 0 Å². The molecule has 0 aromatic heterocycles. The van der Waals surface area contributed by atoms with Crippen molar-refractivity contribution in [3.05, 3.63) is 65.2 Å². The fraction of sp³-hybridized carbons (Fsp3) is 0.659. The lowest BCUT2D eigenvalue weighted by Gasteiger charge is -2.44. The van der Waals surface area contributed by atoms with Gasteiger partial charge in [0.15, 0.2) is 0 Å². The number of fused-ring (bicyclic) bond motifs is 1. The van der Waals surface area contributed by atoms with Crippen molar-refractivity contribution in [2.75, 3.05) is 19.0 Å². The second-order valence-corrected chi connectivity index (χ2v) is 20.8. The van der Waals surface area contributed by atoms with E-state index >= 15 is 0 Å². The van der Waals surface area contributed by atoms with Crippen molar-refractivity contribution in [1.82, 2.24) is 0 Å². The zero-order valence-corrected chi connectivity index (χ0v) is 29.8. The molecule has 5 aliphatic carbocycles. The summed E-state index contributed by atoms with van der Waals surface area (Å²) >= 11 is 0. The summed E-state index contributed by atoms with van der Waals surface area (Å²) < 4.78 is 0. The Morgan fingerprint density at radius 1 is 0.500 bits per heavy atom. The Kier molecular flexibility index (Phi) is 10.5. The van der Waals surface area contributed by atoms with Crippen LogP contribution in [0.3, 0.4) is 0 Å². The minimum Gasteiger partial charge on any atom is -0.377 e. The van der Waals surface area contributed by atoms with E-state index in [1.54, 1.807) is 16.7 Å². The molecule has 44 heavy (non-hydrogen) atoms. The minimum atomic E-state index is -0.194. The van der Waals surface area contributed by atoms with E-state index in [2.05, 4.69) is 67.5 Å². The van der Waals surface area contributed by atoms with E-state index in [0.717, 1.165) is 22.6 Å². The third-order valence-corrected chi connectivity index (χ3v) is 19.7. The average molecular weight is 628 g/mol. The van der Waals surface area contributed by atoms with Crippen LogP contribution in [0, 0.1) is 0 Å². The summed E-state index contributed by atoms with van der Waals surface area (Å²) in [6.07, 6.45) is 29.6. The number of benzene rings is 2. The quantitative estimate of drug-likeness (QED) is 0.263. The van der Waals surface area contributed by atoms with Crippen LogP contribution in [0.25, 0.3) is 10.9 Å². The molecule has 3 heteroatoms. The van der Waals surface area contributed by atoms with Crippen molar-refractivity contribution in [3.63, 3.8) is 0 Å². The first kappa shape index (κ1) is 31.4. The maximum absolute atomic E-state index is 2.64. The summed E-state index contributed by atoms with van der Waals surface area (Å²) in [7, 11) is 4.27.